The molecule has 0 radical (unpaired) electrons. The quantitative estimate of drug-likeness (QED) is 0.727. The van der Waals surface area contributed by atoms with Crippen molar-refractivity contribution in [3.8, 4) is 0 Å². The van der Waals surface area contributed by atoms with Crippen molar-refractivity contribution >= 4 is 34.2 Å². The first-order chi connectivity index (χ1) is 11.1. The van der Waals surface area contributed by atoms with Gasteiger partial charge in [-0.15, -0.1) is 11.3 Å². The number of furan rings is 1. The monoisotopic (exact) mass is 329 g/mol. The summed E-state index contributed by atoms with van der Waals surface area (Å²) in [4.78, 5) is 24.0. The van der Waals surface area contributed by atoms with Crippen LogP contribution < -0.4 is 5.32 Å². The van der Waals surface area contributed by atoms with E-state index in [-0.39, 0.29) is 18.6 Å². The Labute approximate surface area is 136 Å². The maximum Gasteiger partial charge on any atom is 0.348 e. The minimum atomic E-state index is -0.494. The van der Waals surface area contributed by atoms with Gasteiger partial charge in [0.2, 0.25) is 0 Å². The van der Waals surface area contributed by atoms with E-state index in [1.54, 1.807) is 17.5 Å². The van der Waals surface area contributed by atoms with E-state index in [1.165, 1.54) is 11.3 Å². The van der Waals surface area contributed by atoms with Crippen LogP contribution in [-0.4, -0.2) is 18.5 Å². The van der Waals surface area contributed by atoms with E-state index in [0.29, 0.717) is 10.6 Å². The van der Waals surface area contributed by atoms with Gasteiger partial charge in [-0.05, 0) is 30.5 Å². The zero-order valence-electron chi connectivity index (χ0n) is 12.4. The van der Waals surface area contributed by atoms with Gasteiger partial charge < -0.3 is 14.5 Å². The molecule has 0 saturated heterocycles. The number of fused-ring (bicyclic) bond motifs is 1. The normalized spacial score (nSPS) is 12.0. The first-order valence-corrected chi connectivity index (χ1v) is 8.00. The van der Waals surface area contributed by atoms with Gasteiger partial charge in [-0.3, -0.25) is 4.79 Å². The average molecular weight is 329 g/mol. The highest BCUT2D eigenvalue weighted by atomic mass is 32.1. The number of hydrogen-bond acceptors (Lipinski definition) is 5. The summed E-state index contributed by atoms with van der Waals surface area (Å²) < 4.78 is 10.7. The van der Waals surface area contributed by atoms with Gasteiger partial charge in [0.15, 0.2) is 6.61 Å². The number of carbonyl (C=O) groups excluding carboxylic acids is 2. The predicted molar refractivity (Wildman–Crippen MR) is 87.4 cm³/mol. The standard InChI is InChI=1S/C17H15NO4S/c1-11(14-9-12-5-2-3-6-13(12)22-14)18-16(19)10-21-17(20)15-7-4-8-23-15/h2-9,11H,10H2,1H3,(H,18,19). The van der Waals surface area contributed by atoms with Gasteiger partial charge in [0.25, 0.3) is 5.91 Å². The topological polar surface area (TPSA) is 68.5 Å². The summed E-state index contributed by atoms with van der Waals surface area (Å²) in [5.74, 6) is -0.210. The Balaban J connectivity index is 1.55. The van der Waals surface area contributed by atoms with Crippen molar-refractivity contribution in [1.82, 2.24) is 5.32 Å². The minimum absolute atomic E-state index is 0.310. The number of carbonyl (C=O) groups is 2. The van der Waals surface area contributed by atoms with Crippen LogP contribution in [0.4, 0.5) is 0 Å². The van der Waals surface area contributed by atoms with Crippen LogP contribution in [0.5, 0.6) is 0 Å². The van der Waals surface area contributed by atoms with Crippen molar-refractivity contribution in [3.05, 3.63) is 58.5 Å². The van der Waals surface area contributed by atoms with E-state index in [0.717, 1.165) is 11.0 Å². The SMILES string of the molecule is CC(NC(=O)COC(=O)c1cccs1)c1cc2ccccc2o1. The summed E-state index contributed by atoms with van der Waals surface area (Å²) in [5.41, 5.74) is 0.771. The molecule has 0 spiro atoms. The maximum atomic E-state index is 11.9. The molecule has 3 rings (SSSR count). The number of nitrogens with one attached hydrogen (secondary N) is 1. The molecule has 5 nitrogen and oxygen atoms in total. The van der Waals surface area contributed by atoms with Crippen molar-refractivity contribution in [3.63, 3.8) is 0 Å². The smallest absolute Gasteiger partial charge is 0.348 e. The van der Waals surface area contributed by atoms with Crippen LogP contribution in [0.25, 0.3) is 11.0 Å². The van der Waals surface area contributed by atoms with Gasteiger partial charge in [0.05, 0.1) is 6.04 Å². The molecule has 0 bridgehead atoms. The zero-order chi connectivity index (χ0) is 16.2. The van der Waals surface area contributed by atoms with Crippen molar-refractivity contribution in [2.24, 2.45) is 0 Å². The van der Waals surface area contributed by atoms with Crippen molar-refractivity contribution in [2.45, 2.75) is 13.0 Å². The van der Waals surface area contributed by atoms with Crippen molar-refractivity contribution < 1.29 is 18.7 Å². The third kappa shape index (κ3) is 3.60. The van der Waals surface area contributed by atoms with Crippen LogP contribution >= 0.6 is 11.3 Å². The number of ether oxygens (including phenoxy) is 1. The Morgan fingerprint density at radius 3 is 2.83 bits per heavy atom. The fraction of sp³-hybridized carbons (Fsp3) is 0.176. The zero-order valence-corrected chi connectivity index (χ0v) is 13.3. The first-order valence-electron chi connectivity index (χ1n) is 7.12. The lowest BCUT2D eigenvalue weighted by Crippen LogP contribution is -2.30. The molecule has 23 heavy (non-hydrogen) atoms. The highest BCUT2D eigenvalue weighted by Crippen LogP contribution is 2.23. The molecule has 2 heterocycles. The lowest BCUT2D eigenvalue weighted by molar-refractivity contribution is -0.125. The van der Waals surface area contributed by atoms with E-state index < -0.39 is 5.97 Å². The van der Waals surface area contributed by atoms with Gasteiger partial charge in [-0.2, -0.15) is 0 Å². The fourth-order valence-electron chi connectivity index (χ4n) is 2.17. The molecule has 3 aromatic rings. The Morgan fingerprint density at radius 1 is 1.26 bits per heavy atom. The Morgan fingerprint density at radius 2 is 2.09 bits per heavy atom. The molecule has 0 aliphatic heterocycles. The summed E-state index contributed by atoms with van der Waals surface area (Å²) in [7, 11) is 0. The lowest BCUT2D eigenvalue weighted by atomic mass is 10.2. The molecule has 0 aliphatic rings. The Hall–Kier alpha value is -2.60. The third-order valence-electron chi connectivity index (χ3n) is 3.31. The summed E-state index contributed by atoms with van der Waals surface area (Å²) in [5, 5.41) is 5.51. The van der Waals surface area contributed by atoms with E-state index in [2.05, 4.69) is 5.32 Å². The summed E-state index contributed by atoms with van der Waals surface area (Å²) in [6.45, 7) is 1.50. The molecule has 0 fully saturated rings. The van der Waals surface area contributed by atoms with Crippen molar-refractivity contribution in [1.29, 1.82) is 0 Å². The summed E-state index contributed by atoms with van der Waals surface area (Å²) in [6, 6.07) is 12.6. The average Bonchev–Trinajstić information content (AvgIpc) is 3.21. The van der Waals surface area contributed by atoms with Gasteiger partial charge in [-0.25, -0.2) is 4.79 Å². The maximum absolute atomic E-state index is 11.9. The molecular weight excluding hydrogens is 314 g/mol. The second kappa shape index (κ2) is 6.66. The van der Waals surface area contributed by atoms with Crippen LogP contribution in [0.3, 0.4) is 0 Å². The van der Waals surface area contributed by atoms with Gasteiger partial charge in [0.1, 0.15) is 16.2 Å². The Bertz CT molecular complexity index is 789. The highest BCUT2D eigenvalue weighted by Gasteiger charge is 2.16. The number of amides is 1. The molecule has 6 heteroatoms. The number of esters is 1. The predicted octanol–water partition coefficient (Wildman–Crippen LogP) is 3.53. The molecule has 118 valence electrons. The third-order valence-corrected chi connectivity index (χ3v) is 4.16. The number of hydrogen-bond donors (Lipinski definition) is 1. The Kier molecular flexibility index (Phi) is 4.43. The molecule has 1 atom stereocenters. The van der Waals surface area contributed by atoms with Crippen LogP contribution in [0.1, 0.15) is 28.4 Å². The first kappa shape index (κ1) is 15.3. The molecule has 0 aliphatic carbocycles. The number of thiophene rings is 1. The largest absolute Gasteiger partial charge is 0.459 e. The van der Waals surface area contributed by atoms with E-state index >= 15 is 0 Å². The molecule has 1 N–H and O–H groups in total. The molecule has 0 saturated carbocycles. The van der Waals surface area contributed by atoms with Crippen LogP contribution in [0.2, 0.25) is 0 Å². The van der Waals surface area contributed by atoms with Crippen LogP contribution in [-0.2, 0) is 9.53 Å². The van der Waals surface area contributed by atoms with E-state index in [4.69, 9.17) is 9.15 Å². The molecule has 1 amide bonds. The van der Waals surface area contributed by atoms with Gasteiger partial charge in [-0.1, -0.05) is 24.3 Å². The lowest BCUT2D eigenvalue weighted by Gasteiger charge is -2.11. The van der Waals surface area contributed by atoms with E-state index in [1.807, 2.05) is 37.3 Å². The van der Waals surface area contributed by atoms with Crippen molar-refractivity contribution in [2.75, 3.05) is 6.61 Å². The second-order valence-corrected chi connectivity index (χ2v) is 5.98. The van der Waals surface area contributed by atoms with Crippen LogP contribution in [0.15, 0.2) is 52.3 Å². The molecule has 1 aromatic carbocycles. The number of benzene rings is 1. The summed E-state index contributed by atoms with van der Waals surface area (Å²) >= 11 is 1.27. The molecular formula is C17H15NO4S. The highest BCUT2D eigenvalue weighted by molar-refractivity contribution is 7.11. The summed E-state index contributed by atoms with van der Waals surface area (Å²) in [6.07, 6.45) is 0. The number of rotatable bonds is 5. The van der Waals surface area contributed by atoms with E-state index in [9.17, 15) is 9.59 Å². The molecule has 2 aromatic heterocycles. The number of para-hydroxylation sites is 1. The fourth-order valence-corrected chi connectivity index (χ4v) is 2.78. The molecule has 1 unspecified atom stereocenters. The van der Waals surface area contributed by atoms with Crippen LogP contribution in [0, 0.1) is 0 Å². The minimum Gasteiger partial charge on any atom is -0.459 e. The van der Waals surface area contributed by atoms with Gasteiger partial charge in [0, 0.05) is 5.39 Å². The second-order valence-electron chi connectivity index (χ2n) is 5.03. The van der Waals surface area contributed by atoms with Gasteiger partial charge >= 0.3 is 5.97 Å².